The van der Waals surface area contributed by atoms with Gasteiger partial charge in [0.1, 0.15) is 5.82 Å². The normalized spacial score (nSPS) is 11.4. The second kappa shape index (κ2) is 13.4. The summed E-state index contributed by atoms with van der Waals surface area (Å²) in [7, 11) is 0. The van der Waals surface area contributed by atoms with Gasteiger partial charge in [0.15, 0.2) is 58.2 Å². The molecule has 52 heavy (non-hydrogen) atoms. The van der Waals surface area contributed by atoms with Crippen molar-refractivity contribution >= 4 is 17.1 Å². The Bertz CT molecular complexity index is 2030. The van der Waals surface area contributed by atoms with Crippen molar-refractivity contribution in [3.8, 4) is 33.4 Å². The lowest BCUT2D eigenvalue weighted by Crippen LogP contribution is -2.10. The highest BCUT2D eigenvalue weighted by molar-refractivity contribution is 5.81. The van der Waals surface area contributed by atoms with Crippen LogP contribution >= 0.6 is 0 Å². The Morgan fingerprint density at radius 1 is 0.269 bits per heavy atom. The fraction of sp³-hybridized carbons (Fsp3) is 0.0526. The van der Waals surface area contributed by atoms with E-state index in [2.05, 4.69) is 0 Å². The zero-order valence-electron chi connectivity index (χ0n) is 26.3. The lowest BCUT2D eigenvalue weighted by atomic mass is 9.97. The minimum absolute atomic E-state index is 0.0935. The fourth-order valence-electron chi connectivity index (χ4n) is 5.64. The van der Waals surface area contributed by atoms with Gasteiger partial charge in [-0.15, -0.1) is 0 Å². The number of hydrogen-bond acceptors (Lipinski definition) is 1. The van der Waals surface area contributed by atoms with Crippen LogP contribution in [0.2, 0.25) is 0 Å². The predicted molar refractivity (Wildman–Crippen MR) is 166 cm³/mol. The average Bonchev–Trinajstić information content (AvgIpc) is 3.15. The van der Waals surface area contributed by atoms with Gasteiger partial charge in [-0.25, -0.2) is 57.1 Å². The molecule has 0 bridgehead atoms. The molecule has 0 amide bonds. The molecule has 0 aliphatic heterocycles. The number of anilines is 3. The fourth-order valence-corrected chi connectivity index (χ4v) is 5.64. The Labute approximate surface area is 285 Å². The smallest absolute Gasteiger partial charge is 0.200 e. The lowest BCUT2D eigenvalue weighted by molar-refractivity contribution is 0.381. The second-order valence-electron chi connectivity index (χ2n) is 11.4. The molecule has 0 fully saturated rings. The van der Waals surface area contributed by atoms with Gasteiger partial charge in [0.25, 0.3) is 0 Å². The standard InChI is InChI=1S/C38H18F13N/c1-15-16(2)27(40)28(41)23(26(15)39)17-3-9-20(10-4-17)52(21-11-5-18(6-12-21)24-29(42)33(46)37(50)34(47)30(24)43)22-13-7-19(8-14-22)25-31(44)35(48)38(51)36(49)32(25)45/h3-14H,1-2H3. The van der Waals surface area contributed by atoms with E-state index in [1.807, 2.05) is 0 Å². The summed E-state index contributed by atoms with van der Waals surface area (Å²) in [5, 5.41) is 0. The highest BCUT2D eigenvalue weighted by Gasteiger charge is 2.29. The molecule has 1 nitrogen and oxygen atoms in total. The molecule has 6 rings (SSSR count). The molecule has 0 radical (unpaired) electrons. The quantitative estimate of drug-likeness (QED) is 0.0935. The van der Waals surface area contributed by atoms with Gasteiger partial charge in [0.2, 0.25) is 11.6 Å². The van der Waals surface area contributed by atoms with Crippen LogP contribution in [-0.2, 0) is 0 Å². The monoisotopic (exact) mass is 735 g/mol. The molecule has 0 spiro atoms. The van der Waals surface area contributed by atoms with Gasteiger partial charge in [0, 0.05) is 17.1 Å². The van der Waals surface area contributed by atoms with Crippen molar-refractivity contribution in [1.29, 1.82) is 0 Å². The Hall–Kier alpha value is -5.79. The van der Waals surface area contributed by atoms with Gasteiger partial charge in [0.05, 0.1) is 16.7 Å². The maximum Gasteiger partial charge on any atom is 0.200 e. The Balaban J connectivity index is 1.48. The predicted octanol–water partition coefficient (Wildman–Crippen LogP) is 12.6. The maximum absolute atomic E-state index is 15.1. The summed E-state index contributed by atoms with van der Waals surface area (Å²) in [5.41, 5.74) is -4.06. The summed E-state index contributed by atoms with van der Waals surface area (Å²) >= 11 is 0. The van der Waals surface area contributed by atoms with Crippen molar-refractivity contribution in [2.45, 2.75) is 13.8 Å². The maximum atomic E-state index is 15.1. The molecule has 0 atom stereocenters. The summed E-state index contributed by atoms with van der Waals surface area (Å²) in [6.07, 6.45) is 0. The minimum atomic E-state index is -2.36. The number of rotatable bonds is 6. The molecule has 266 valence electrons. The van der Waals surface area contributed by atoms with Gasteiger partial charge in [-0.05, 0) is 78.1 Å². The first-order chi connectivity index (χ1) is 24.6. The molecular weight excluding hydrogens is 717 g/mol. The first-order valence-electron chi connectivity index (χ1n) is 14.8. The third-order valence-corrected chi connectivity index (χ3v) is 8.51. The summed E-state index contributed by atoms with van der Waals surface area (Å²) in [6, 6.07) is 13.9. The molecule has 0 saturated carbocycles. The second-order valence-corrected chi connectivity index (χ2v) is 11.4. The van der Waals surface area contributed by atoms with E-state index in [1.54, 1.807) is 0 Å². The molecule has 0 heterocycles. The van der Waals surface area contributed by atoms with Crippen molar-refractivity contribution < 1.29 is 57.1 Å². The van der Waals surface area contributed by atoms with Crippen LogP contribution in [0.15, 0.2) is 72.8 Å². The van der Waals surface area contributed by atoms with E-state index in [4.69, 9.17) is 0 Å². The molecule has 6 aromatic carbocycles. The summed E-state index contributed by atoms with van der Waals surface area (Å²) in [6.45, 7) is 2.47. The Morgan fingerprint density at radius 2 is 0.481 bits per heavy atom. The number of benzene rings is 6. The van der Waals surface area contributed by atoms with E-state index in [-0.39, 0.29) is 33.8 Å². The Morgan fingerprint density at radius 3 is 0.769 bits per heavy atom. The molecule has 0 aromatic heterocycles. The lowest BCUT2D eigenvalue weighted by Gasteiger charge is -2.26. The van der Waals surface area contributed by atoms with E-state index in [1.165, 1.54) is 67.3 Å². The van der Waals surface area contributed by atoms with Crippen LogP contribution in [-0.4, -0.2) is 0 Å². The van der Waals surface area contributed by atoms with E-state index in [0.29, 0.717) is 0 Å². The highest BCUT2D eigenvalue weighted by Crippen LogP contribution is 2.41. The van der Waals surface area contributed by atoms with Crippen LogP contribution in [0.5, 0.6) is 0 Å². The van der Waals surface area contributed by atoms with E-state index >= 15 is 4.39 Å². The first-order valence-corrected chi connectivity index (χ1v) is 14.8. The Kier molecular flexibility index (Phi) is 9.28. The van der Waals surface area contributed by atoms with Crippen molar-refractivity contribution in [2.75, 3.05) is 4.90 Å². The molecule has 0 unspecified atom stereocenters. The highest BCUT2D eigenvalue weighted by atomic mass is 19.2. The van der Waals surface area contributed by atoms with Crippen LogP contribution in [0.3, 0.4) is 0 Å². The minimum Gasteiger partial charge on any atom is -0.311 e. The van der Waals surface area contributed by atoms with Crippen molar-refractivity contribution in [3.63, 3.8) is 0 Å². The van der Waals surface area contributed by atoms with Gasteiger partial charge in [-0.1, -0.05) is 36.4 Å². The zero-order valence-corrected chi connectivity index (χ0v) is 26.3. The number of hydrogen-bond donors (Lipinski definition) is 0. The molecule has 0 aliphatic rings. The zero-order chi connectivity index (χ0) is 37.9. The molecule has 6 aromatic rings. The van der Waals surface area contributed by atoms with Crippen molar-refractivity contribution in [3.05, 3.63) is 160 Å². The van der Waals surface area contributed by atoms with Gasteiger partial charge in [-0.2, -0.15) is 0 Å². The summed E-state index contributed by atoms with van der Waals surface area (Å²) < 4.78 is 186. The van der Waals surface area contributed by atoms with Crippen molar-refractivity contribution in [1.82, 2.24) is 0 Å². The molecule has 0 aliphatic carbocycles. The molecule has 14 heteroatoms. The van der Waals surface area contributed by atoms with Gasteiger partial charge in [-0.3, -0.25) is 0 Å². The van der Waals surface area contributed by atoms with Gasteiger partial charge >= 0.3 is 0 Å². The topological polar surface area (TPSA) is 3.24 Å². The van der Waals surface area contributed by atoms with Crippen LogP contribution in [0, 0.1) is 89.5 Å². The average molecular weight is 736 g/mol. The molecule has 0 saturated heterocycles. The first kappa shape index (κ1) is 36.0. The van der Waals surface area contributed by atoms with Crippen LogP contribution < -0.4 is 4.90 Å². The van der Waals surface area contributed by atoms with E-state index in [0.717, 1.165) is 24.3 Å². The van der Waals surface area contributed by atoms with Gasteiger partial charge < -0.3 is 4.90 Å². The van der Waals surface area contributed by atoms with Crippen molar-refractivity contribution in [2.24, 2.45) is 0 Å². The number of halogens is 13. The van der Waals surface area contributed by atoms with E-state index in [9.17, 15) is 52.7 Å². The SMILES string of the molecule is Cc1c(C)c(F)c(-c2ccc(N(c3ccc(-c4c(F)c(F)c(F)c(F)c4F)cc3)c3ccc(-c4c(F)c(F)c(F)c(F)c4F)cc3)cc2)c(F)c1F. The molecular formula is C38H18F13N. The summed E-state index contributed by atoms with van der Waals surface area (Å²) in [5.74, 6) is -25.5. The van der Waals surface area contributed by atoms with Crippen LogP contribution in [0.1, 0.15) is 11.1 Å². The largest absolute Gasteiger partial charge is 0.311 e. The summed E-state index contributed by atoms with van der Waals surface area (Å²) in [4.78, 5) is 1.35. The van der Waals surface area contributed by atoms with E-state index < -0.39 is 103 Å². The van der Waals surface area contributed by atoms with Crippen LogP contribution in [0.25, 0.3) is 33.4 Å². The number of nitrogens with zero attached hydrogens (tertiary/aromatic N) is 1. The molecule has 0 N–H and O–H groups in total. The third kappa shape index (κ3) is 5.71. The van der Waals surface area contributed by atoms with Crippen LogP contribution in [0.4, 0.5) is 74.1 Å². The third-order valence-electron chi connectivity index (χ3n) is 8.51.